The molecule has 8 nitrogen and oxygen atoms in total. The van der Waals surface area contributed by atoms with Crippen LogP contribution in [0.25, 0.3) is 11.5 Å². The van der Waals surface area contributed by atoms with Crippen molar-refractivity contribution in [2.75, 3.05) is 0 Å². The molecule has 134 valence electrons. The number of carboxylic acid groups (broad SMARTS) is 1. The minimum absolute atomic E-state index is 0.0871. The lowest BCUT2D eigenvalue weighted by Gasteiger charge is -2.20. The highest BCUT2D eigenvalue weighted by Crippen LogP contribution is 2.25. The summed E-state index contributed by atoms with van der Waals surface area (Å²) in [5.74, 6) is -0.739. The van der Waals surface area contributed by atoms with Crippen molar-refractivity contribution < 1.29 is 23.8 Å². The van der Waals surface area contributed by atoms with Gasteiger partial charge in [0.15, 0.2) is 0 Å². The number of carbonyl (C=O) groups excluding carboxylic acids is 1. The van der Waals surface area contributed by atoms with Gasteiger partial charge in [0.25, 0.3) is 0 Å². The number of carboxylic acids is 1. The van der Waals surface area contributed by atoms with Gasteiger partial charge in [-0.15, -0.1) is 10.2 Å². The van der Waals surface area contributed by atoms with E-state index in [1.54, 1.807) is 33.8 Å². The van der Waals surface area contributed by atoms with Gasteiger partial charge >= 0.3 is 12.1 Å². The van der Waals surface area contributed by atoms with E-state index in [0.717, 1.165) is 0 Å². The molecule has 0 bridgehead atoms. The Labute approximate surface area is 152 Å². The number of benzene rings is 1. The monoisotopic (exact) mass is 411 g/mol. The summed E-state index contributed by atoms with van der Waals surface area (Å²) >= 11 is 3.25. The van der Waals surface area contributed by atoms with Gasteiger partial charge in [-0.3, -0.25) is 0 Å². The predicted octanol–water partition coefficient (Wildman–Crippen LogP) is 3.78. The van der Waals surface area contributed by atoms with E-state index in [9.17, 15) is 9.59 Å². The molecular formula is C16H18BrN3O5. The minimum Gasteiger partial charge on any atom is -0.478 e. The van der Waals surface area contributed by atoms with Crippen molar-refractivity contribution in [3.63, 3.8) is 0 Å². The summed E-state index contributed by atoms with van der Waals surface area (Å²) in [6, 6.07) is 3.99. The zero-order valence-electron chi connectivity index (χ0n) is 14.2. The number of hydrogen-bond donors (Lipinski definition) is 2. The molecule has 0 fully saturated rings. The van der Waals surface area contributed by atoms with Gasteiger partial charge < -0.3 is 19.6 Å². The van der Waals surface area contributed by atoms with Crippen LogP contribution in [0.2, 0.25) is 0 Å². The van der Waals surface area contributed by atoms with Gasteiger partial charge in [0.1, 0.15) is 11.6 Å². The molecule has 0 radical (unpaired) electrons. The highest BCUT2D eigenvalue weighted by Gasteiger charge is 2.22. The molecule has 0 aliphatic carbocycles. The number of nitrogens with one attached hydrogen (secondary N) is 1. The predicted molar refractivity (Wildman–Crippen MR) is 92.2 cm³/mol. The molecule has 1 aromatic carbocycles. The van der Waals surface area contributed by atoms with E-state index in [1.165, 1.54) is 12.1 Å². The zero-order valence-corrected chi connectivity index (χ0v) is 15.7. The lowest BCUT2D eigenvalue weighted by Crippen LogP contribution is -2.34. The number of hydrogen-bond acceptors (Lipinski definition) is 6. The molecule has 0 aliphatic rings. The van der Waals surface area contributed by atoms with E-state index < -0.39 is 23.7 Å². The highest BCUT2D eigenvalue weighted by molar-refractivity contribution is 9.10. The third kappa shape index (κ3) is 5.28. The Morgan fingerprint density at radius 2 is 1.96 bits per heavy atom. The number of carbonyl (C=O) groups is 2. The number of rotatable bonds is 4. The molecular weight excluding hydrogens is 394 g/mol. The second-order valence-corrected chi connectivity index (χ2v) is 7.26. The Morgan fingerprint density at radius 1 is 1.28 bits per heavy atom. The van der Waals surface area contributed by atoms with Crippen molar-refractivity contribution in [1.82, 2.24) is 15.5 Å². The zero-order chi connectivity index (χ0) is 18.8. The van der Waals surface area contributed by atoms with E-state index in [4.69, 9.17) is 14.3 Å². The summed E-state index contributed by atoms with van der Waals surface area (Å²) in [7, 11) is 0. The Morgan fingerprint density at radius 3 is 2.56 bits per heavy atom. The van der Waals surface area contributed by atoms with Gasteiger partial charge in [0.05, 0.1) is 5.56 Å². The number of nitrogens with zero attached hydrogens (tertiary/aromatic N) is 2. The van der Waals surface area contributed by atoms with Crippen molar-refractivity contribution in [1.29, 1.82) is 0 Å². The molecule has 1 heterocycles. The quantitative estimate of drug-likeness (QED) is 0.785. The topological polar surface area (TPSA) is 115 Å². The van der Waals surface area contributed by atoms with E-state index in [2.05, 4.69) is 31.4 Å². The summed E-state index contributed by atoms with van der Waals surface area (Å²) in [4.78, 5) is 22.9. The van der Waals surface area contributed by atoms with Gasteiger partial charge in [-0.25, -0.2) is 9.59 Å². The first-order valence-electron chi connectivity index (χ1n) is 7.42. The Kier molecular flexibility index (Phi) is 5.46. The summed E-state index contributed by atoms with van der Waals surface area (Å²) < 4.78 is 11.3. The van der Waals surface area contributed by atoms with Crippen LogP contribution in [-0.4, -0.2) is 33.0 Å². The number of ether oxygens (including phenoxy) is 1. The second kappa shape index (κ2) is 7.22. The molecule has 2 aromatic rings. The first-order valence-corrected chi connectivity index (χ1v) is 8.21. The molecule has 9 heteroatoms. The number of amides is 1. The molecule has 1 unspecified atom stereocenters. The van der Waals surface area contributed by atoms with Crippen molar-refractivity contribution in [2.24, 2.45) is 0 Å². The first-order chi connectivity index (χ1) is 11.5. The fraction of sp³-hybridized carbons (Fsp3) is 0.375. The highest BCUT2D eigenvalue weighted by atomic mass is 79.9. The maximum Gasteiger partial charge on any atom is 0.408 e. The molecule has 1 atom stereocenters. The van der Waals surface area contributed by atoms with Crippen molar-refractivity contribution in [3.8, 4) is 11.5 Å². The van der Waals surface area contributed by atoms with Gasteiger partial charge in [-0.05, 0) is 45.9 Å². The van der Waals surface area contributed by atoms with Gasteiger partial charge in [-0.2, -0.15) is 0 Å². The van der Waals surface area contributed by atoms with Crippen LogP contribution in [0.4, 0.5) is 4.79 Å². The molecule has 0 spiro atoms. The van der Waals surface area contributed by atoms with Crippen LogP contribution in [0.3, 0.4) is 0 Å². The van der Waals surface area contributed by atoms with E-state index in [0.29, 0.717) is 10.0 Å². The second-order valence-electron chi connectivity index (χ2n) is 6.35. The average molecular weight is 412 g/mol. The summed E-state index contributed by atoms with van der Waals surface area (Å²) in [5.41, 5.74) is -0.0769. The van der Waals surface area contributed by atoms with Crippen LogP contribution < -0.4 is 5.32 Å². The van der Waals surface area contributed by atoms with Crippen LogP contribution >= 0.6 is 15.9 Å². The Hall–Kier alpha value is -2.42. The smallest absolute Gasteiger partial charge is 0.408 e. The van der Waals surface area contributed by atoms with Gasteiger partial charge in [0.2, 0.25) is 11.8 Å². The van der Waals surface area contributed by atoms with E-state index in [-0.39, 0.29) is 17.3 Å². The van der Waals surface area contributed by atoms with E-state index >= 15 is 0 Å². The standard InChI is InChI=1S/C16H18BrN3O5/c1-8(18-15(23)25-16(2,3)4)12-19-20-13(24-12)9-5-10(14(21)22)7-11(17)6-9/h5-8H,1-4H3,(H,18,23)(H,21,22). The van der Waals surface area contributed by atoms with Crippen LogP contribution in [0.15, 0.2) is 27.1 Å². The Bertz CT molecular complexity index is 797. The van der Waals surface area contributed by atoms with Gasteiger partial charge in [-0.1, -0.05) is 15.9 Å². The SMILES string of the molecule is CC(NC(=O)OC(C)(C)C)c1nnc(-c2cc(Br)cc(C(=O)O)c2)o1. The van der Waals surface area contributed by atoms with Crippen molar-refractivity contribution in [2.45, 2.75) is 39.3 Å². The number of halogens is 1. The molecule has 1 aromatic heterocycles. The maximum atomic E-state index is 11.8. The molecule has 1 amide bonds. The number of aromatic carboxylic acids is 1. The Balaban J connectivity index is 2.17. The number of aromatic nitrogens is 2. The van der Waals surface area contributed by atoms with Gasteiger partial charge in [0, 0.05) is 10.0 Å². The number of alkyl carbamates (subject to hydrolysis) is 1. The van der Waals surface area contributed by atoms with Crippen LogP contribution in [0.1, 0.15) is 50.0 Å². The lowest BCUT2D eigenvalue weighted by atomic mass is 10.1. The average Bonchev–Trinajstić information content (AvgIpc) is 2.94. The molecule has 0 saturated heterocycles. The summed E-state index contributed by atoms with van der Waals surface area (Å²) in [6.07, 6.45) is -0.602. The van der Waals surface area contributed by atoms with Crippen LogP contribution in [-0.2, 0) is 4.74 Å². The fourth-order valence-corrected chi connectivity index (χ4v) is 2.40. The fourth-order valence-electron chi connectivity index (χ4n) is 1.91. The van der Waals surface area contributed by atoms with Crippen molar-refractivity contribution in [3.05, 3.63) is 34.1 Å². The maximum absolute atomic E-state index is 11.8. The summed E-state index contributed by atoms with van der Waals surface area (Å²) in [5, 5.41) is 19.5. The normalized spacial score (nSPS) is 12.5. The molecule has 25 heavy (non-hydrogen) atoms. The molecule has 2 rings (SSSR count). The lowest BCUT2D eigenvalue weighted by molar-refractivity contribution is 0.0500. The largest absolute Gasteiger partial charge is 0.478 e. The van der Waals surface area contributed by atoms with Crippen molar-refractivity contribution >= 4 is 28.0 Å². The minimum atomic E-state index is -1.07. The molecule has 0 aliphatic heterocycles. The van der Waals surface area contributed by atoms with E-state index in [1.807, 2.05) is 0 Å². The summed E-state index contributed by atoms with van der Waals surface area (Å²) in [6.45, 7) is 6.95. The molecule has 0 saturated carbocycles. The van der Waals surface area contributed by atoms with Crippen LogP contribution in [0.5, 0.6) is 0 Å². The first kappa shape index (κ1) is 18.9. The molecule has 2 N–H and O–H groups in total. The third-order valence-corrected chi connectivity index (χ3v) is 3.39. The van der Waals surface area contributed by atoms with Crippen LogP contribution in [0, 0.1) is 0 Å². The third-order valence-electron chi connectivity index (χ3n) is 2.94.